The molecule has 3 saturated heterocycles. The molecule has 6 fully saturated rings. The SMILES string of the molecule is Cc1ccc(Cl)cc1N1CCN(C(=O)[C@@H]2C[C@]2(C)c2ccc(F)cc2)CC1.Cc1ccc(Cl)cc1N1CCN(C(=O)[C@@H]2C[C@]2(C)c2ccc(F)cc2)CC1.Cc1ccc(Cl)cc1N1CCN(C(=O)[C@H]2C[C@@]2(C)c2ccc(F)cc2)CC1. The first-order valence-electron chi connectivity index (χ1n) is 28.3. The van der Waals surface area contributed by atoms with Crippen molar-refractivity contribution in [3.05, 3.63) is 193 Å². The molecule has 81 heavy (non-hydrogen) atoms. The van der Waals surface area contributed by atoms with Gasteiger partial charge < -0.3 is 29.4 Å². The van der Waals surface area contributed by atoms with E-state index in [2.05, 4.69) is 56.2 Å². The summed E-state index contributed by atoms with van der Waals surface area (Å²) >= 11 is 18.4. The number of piperazine rings is 3. The number of carbonyl (C=O) groups excluding carboxylic acids is 3. The van der Waals surface area contributed by atoms with Crippen molar-refractivity contribution < 1.29 is 27.6 Å². The molecule has 15 heteroatoms. The largest absolute Gasteiger partial charge is 0.368 e. The van der Waals surface area contributed by atoms with Crippen LogP contribution >= 0.6 is 34.8 Å². The molecule has 6 aromatic carbocycles. The summed E-state index contributed by atoms with van der Waals surface area (Å²) in [7, 11) is 0. The van der Waals surface area contributed by atoms with Crippen molar-refractivity contribution in [2.45, 2.75) is 77.0 Å². The second kappa shape index (κ2) is 23.6. The fourth-order valence-corrected chi connectivity index (χ4v) is 13.1. The summed E-state index contributed by atoms with van der Waals surface area (Å²) in [6.45, 7) is 21.8. The molecular weight excluding hydrogens is 1090 g/mol. The van der Waals surface area contributed by atoms with Gasteiger partial charge in [-0.3, -0.25) is 14.4 Å². The molecule has 426 valence electrons. The Morgan fingerprint density at radius 1 is 0.370 bits per heavy atom. The van der Waals surface area contributed by atoms with E-state index in [4.69, 9.17) is 34.8 Å². The Kier molecular flexibility index (Phi) is 16.9. The van der Waals surface area contributed by atoms with Crippen molar-refractivity contribution in [2.75, 3.05) is 93.2 Å². The van der Waals surface area contributed by atoms with Gasteiger partial charge in [0.1, 0.15) is 17.5 Å². The predicted octanol–water partition coefficient (Wildman–Crippen LogP) is 13.2. The summed E-state index contributed by atoms with van der Waals surface area (Å²) in [4.78, 5) is 51.8. The maximum absolute atomic E-state index is 13.2. The molecule has 0 spiro atoms. The molecule has 6 aliphatic rings. The van der Waals surface area contributed by atoms with Crippen LogP contribution in [0.4, 0.5) is 30.2 Å². The molecule has 3 heterocycles. The van der Waals surface area contributed by atoms with Crippen LogP contribution in [0.3, 0.4) is 0 Å². The summed E-state index contributed by atoms with van der Waals surface area (Å²) in [5, 5.41) is 2.21. The number of hydrogen-bond donors (Lipinski definition) is 0. The zero-order chi connectivity index (χ0) is 57.5. The zero-order valence-electron chi connectivity index (χ0n) is 47.1. The Morgan fingerprint density at radius 3 is 0.815 bits per heavy atom. The number of rotatable bonds is 9. The molecular formula is C66H72Cl3F3N6O3. The maximum atomic E-state index is 13.2. The third-order valence-corrected chi connectivity index (χ3v) is 19.1. The van der Waals surface area contributed by atoms with Crippen LogP contribution in [0.2, 0.25) is 15.1 Å². The Labute approximate surface area is 490 Å². The summed E-state index contributed by atoms with van der Waals surface area (Å²) in [6, 6.07) is 37.5. The number of nitrogens with zero attached hydrogens (tertiary/aromatic N) is 6. The van der Waals surface area contributed by atoms with Gasteiger partial charge in [-0.2, -0.15) is 0 Å². The minimum Gasteiger partial charge on any atom is -0.368 e. The highest BCUT2D eigenvalue weighted by Crippen LogP contribution is 2.57. The van der Waals surface area contributed by atoms with Crippen LogP contribution < -0.4 is 14.7 Å². The number of amides is 3. The molecule has 0 bridgehead atoms. The lowest BCUT2D eigenvalue weighted by Gasteiger charge is -2.37. The Morgan fingerprint density at radius 2 is 0.593 bits per heavy atom. The van der Waals surface area contributed by atoms with E-state index in [0.717, 1.165) is 147 Å². The third kappa shape index (κ3) is 12.6. The first-order valence-corrected chi connectivity index (χ1v) is 29.5. The highest BCUT2D eigenvalue weighted by molar-refractivity contribution is 6.31. The fraction of sp³-hybridized carbons (Fsp3) is 0.409. The number of aryl methyl sites for hydroxylation is 3. The number of carbonyl (C=O) groups is 3. The lowest BCUT2D eigenvalue weighted by Crippen LogP contribution is -2.49. The van der Waals surface area contributed by atoms with Crippen LogP contribution in [-0.2, 0) is 30.6 Å². The van der Waals surface area contributed by atoms with Gasteiger partial charge in [-0.25, -0.2) is 13.2 Å². The lowest BCUT2D eigenvalue weighted by molar-refractivity contribution is -0.134. The van der Waals surface area contributed by atoms with Gasteiger partial charge in [0.2, 0.25) is 17.7 Å². The molecule has 0 aromatic heterocycles. The van der Waals surface area contributed by atoms with Gasteiger partial charge in [0.05, 0.1) is 0 Å². The highest BCUT2D eigenvalue weighted by Gasteiger charge is 2.58. The molecule has 3 aliphatic heterocycles. The van der Waals surface area contributed by atoms with Crippen LogP contribution in [0.15, 0.2) is 127 Å². The van der Waals surface area contributed by atoms with Crippen molar-refractivity contribution in [1.82, 2.24) is 14.7 Å². The van der Waals surface area contributed by atoms with Gasteiger partial charge in [-0.15, -0.1) is 0 Å². The van der Waals surface area contributed by atoms with E-state index >= 15 is 0 Å². The van der Waals surface area contributed by atoms with E-state index in [1.165, 1.54) is 53.1 Å². The quantitative estimate of drug-likeness (QED) is 0.144. The topological polar surface area (TPSA) is 70.7 Å². The molecule has 3 aliphatic carbocycles. The summed E-state index contributed by atoms with van der Waals surface area (Å²) in [5.74, 6) is -0.0277. The molecule has 0 radical (unpaired) electrons. The van der Waals surface area contributed by atoms with Crippen molar-refractivity contribution in [3.8, 4) is 0 Å². The van der Waals surface area contributed by atoms with Gasteiger partial charge in [0.25, 0.3) is 0 Å². The number of anilines is 3. The minimum absolute atomic E-state index is 0.00224. The van der Waals surface area contributed by atoms with Crippen LogP contribution in [0, 0.1) is 56.0 Å². The lowest BCUT2D eigenvalue weighted by atomic mass is 9.95. The van der Waals surface area contributed by atoms with Gasteiger partial charge in [0, 0.05) is 145 Å². The van der Waals surface area contributed by atoms with Crippen LogP contribution in [-0.4, -0.2) is 111 Å². The van der Waals surface area contributed by atoms with E-state index in [9.17, 15) is 27.6 Å². The van der Waals surface area contributed by atoms with Crippen LogP contribution in [0.5, 0.6) is 0 Å². The number of halogens is 6. The second-order valence-electron chi connectivity index (χ2n) is 23.8. The van der Waals surface area contributed by atoms with Crippen molar-refractivity contribution in [1.29, 1.82) is 0 Å². The fourth-order valence-electron chi connectivity index (χ4n) is 12.6. The van der Waals surface area contributed by atoms with Gasteiger partial charge >= 0.3 is 0 Å². The Bertz CT molecular complexity index is 2930. The normalized spacial score (nSPS) is 24.8. The van der Waals surface area contributed by atoms with Gasteiger partial charge in [0.15, 0.2) is 0 Å². The van der Waals surface area contributed by atoms with E-state index in [1.807, 2.05) is 106 Å². The van der Waals surface area contributed by atoms with E-state index in [-0.39, 0.29) is 69.2 Å². The third-order valence-electron chi connectivity index (χ3n) is 18.4. The summed E-state index contributed by atoms with van der Waals surface area (Å²) in [5.41, 5.74) is 9.72. The van der Waals surface area contributed by atoms with E-state index in [0.29, 0.717) is 0 Å². The smallest absolute Gasteiger partial charge is 0.226 e. The van der Waals surface area contributed by atoms with Crippen LogP contribution in [0.1, 0.15) is 73.4 Å². The molecule has 3 saturated carbocycles. The molecule has 0 unspecified atom stereocenters. The maximum Gasteiger partial charge on any atom is 0.226 e. The standard InChI is InChI=1S/3C22H24ClFN2O/c3*1-15-3-6-17(23)13-20(15)25-9-11-26(12-10-25)21(27)19-14-22(19,2)16-4-7-18(24)8-5-16/h3*3-8,13,19H,9-12,14H2,1-2H3/t3*19-,22+/m100/s1. The van der Waals surface area contributed by atoms with E-state index in [1.54, 1.807) is 0 Å². The first kappa shape index (κ1) is 58.0. The van der Waals surface area contributed by atoms with Gasteiger partial charge in [-0.05, 0) is 146 Å². The number of benzene rings is 6. The summed E-state index contributed by atoms with van der Waals surface area (Å²) < 4.78 is 39.6. The average Bonchev–Trinajstić information content (AvgIpc) is 3.38. The number of hydrogen-bond acceptors (Lipinski definition) is 6. The van der Waals surface area contributed by atoms with Crippen molar-refractivity contribution in [2.24, 2.45) is 17.8 Å². The molecule has 12 rings (SSSR count). The predicted molar refractivity (Wildman–Crippen MR) is 321 cm³/mol. The summed E-state index contributed by atoms with van der Waals surface area (Å²) in [6.07, 6.45) is 2.52. The highest BCUT2D eigenvalue weighted by atomic mass is 35.5. The van der Waals surface area contributed by atoms with Crippen molar-refractivity contribution >= 4 is 69.6 Å². The first-order chi connectivity index (χ1) is 38.6. The van der Waals surface area contributed by atoms with E-state index < -0.39 is 0 Å². The monoisotopic (exact) mass is 1160 g/mol. The molecule has 6 aromatic rings. The Balaban J connectivity index is 0.000000136. The zero-order valence-corrected chi connectivity index (χ0v) is 49.4. The average molecular weight is 1160 g/mol. The van der Waals surface area contributed by atoms with Crippen molar-refractivity contribution in [3.63, 3.8) is 0 Å². The minimum atomic E-state index is -0.238. The van der Waals surface area contributed by atoms with Gasteiger partial charge in [-0.1, -0.05) is 110 Å². The molecule has 3 amide bonds. The second-order valence-corrected chi connectivity index (χ2v) is 25.1. The molecule has 0 N–H and O–H groups in total. The Hall–Kier alpha value is -6.21. The molecule has 9 nitrogen and oxygen atoms in total. The van der Waals surface area contributed by atoms with Crippen LogP contribution in [0.25, 0.3) is 0 Å². The molecule has 6 atom stereocenters.